The summed E-state index contributed by atoms with van der Waals surface area (Å²) in [5.74, 6) is -0.475. The van der Waals surface area contributed by atoms with E-state index in [0.717, 1.165) is 31.4 Å². The van der Waals surface area contributed by atoms with Gasteiger partial charge < -0.3 is 5.11 Å². The Balaban J connectivity index is 2.13. The molecule has 1 heterocycles. The van der Waals surface area contributed by atoms with Gasteiger partial charge in [-0.25, -0.2) is 4.39 Å². The van der Waals surface area contributed by atoms with Crippen LogP contribution in [0.3, 0.4) is 0 Å². The van der Waals surface area contributed by atoms with E-state index >= 15 is 0 Å². The zero-order chi connectivity index (χ0) is 13.8. The van der Waals surface area contributed by atoms with Crippen LogP contribution in [0.5, 0.6) is 0 Å². The third-order valence-corrected chi connectivity index (χ3v) is 3.76. The van der Waals surface area contributed by atoms with Gasteiger partial charge in [0.15, 0.2) is 0 Å². The van der Waals surface area contributed by atoms with Crippen LogP contribution >= 0.6 is 0 Å². The number of halogens is 1. The van der Waals surface area contributed by atoms with Crippen molar-refractivity contribution in [2.75, 3.05) is 6.54 Å². The lowest BCUT2D eigenvalue weighted by atomic mass is 9.97. The molecule has 1 aliphatic heterocycles. The zero-order valence-electron chi connectivity index (χ0n) is 11.1. The average molecular weight is 262 g/mol. The maximum absolute atomic E-state index is 13.3. The highest BCUT2D eigenvalue weighted by Gasteiger charge is 2.26. The van der Waals surface area contributed by atoms with Gasteiger partial charge in [-0.1, -0.05) is 12.5 Å². The van der Waals surface area contributed by atoms with Gasteiger partial charge >= 0.3 is 0 Å². The Morgan fingerprint density at radius 1 is 1.53 bits per heavy atom. The largest absolute Gasteiger partial charge is 0.392 e. The predicted molar refractivity (Wildman–Crippen MR) is 70.8 cm³/mol. The van der Waals surface area contributed by atoms with Gasteiger partial charge in [0.25, 0.3) is 0 Å². The molecule has 0 bridgehead atoms. The van der Waals surface area contributed by atoms with Crippen molar-refractivity contribution in [1.29, 1.82) is 5.26 Å². The smallest absolute Gasteiger partial charge is 0.140 e. The maximum atomic E-state index is 13.3. The number of aliphatic hydroxyl groups excluding tert-OH is 1. The minimum Gasteiger partial charge on any atom is -0.392 e. The number of nitriles is 1. The SMILES string of the molecule is CC(O)C1CCCCN1Cc1ccc(F)c(C#N)c1. The van der Waals surface area contributed by atoms with Crippen LogP contribution in [0.1, 0.15) is 37.3 Å². The van der Waals surface area contributed by atoms with Crippen molar-refractivity contribution in [2.45, 2.75) is 44.9 Å². The summed E-state index contributed by atoms with van der Waals surface area (Å²) in [6.07, 6.45) is 2.88. The molecule has 1 aliphatic rings. The summed E-state index contributed by atoms with van der Waals surface area (Å²) in [5, 5.41) is 18.7. The summed E-state index contributed by atoms with van der Waals surface area (Å²) in [7, 11) is 0. The number of likely N-dealkylation sites (tertiary alicyclic amines) is 1. The molecular formula is C15H19FN2O. The summed E-state index contributed by atoms with van der Waals surface area (Å²) in [4.78, 5) is 2.22. The van der Waals surface area contributed by atoms with Crippen LogP contribution in [0.25, 0.3) is 0 Å². The molecule has 0 saturated carbocycles. The van der Waals surface area contributed by atoms with Crippen molar-refractivity contribution in [1.82, 2.24) is 4.90 Å². The molecule has 0 amide bonds. The van der Waals surface area contributed by atoms with Crippen molar-refractivity contribution in [2.24, 2.45) is 0 Å². The number of aliphatic hydroxyl groups is 1. The quantitative estimate of drug-likeness (QED) is 0.910. The highest BCUT2D eigenvalue weighted by molar-refractivity contribution is 5.34. The number of hydrogen-bond acceptors (Lipinski definition) is 3. The Morgan fingerprint density at radius 3 is 3.00 bits per heavy atom. The molecule has 4 heteroatoms. The van der Waals surface area contributed by atoms with Crippen LogP contribution in [0, 0.1) is 17.1 Å². The van der Waals surface area contributed by atoms with E-state index in [1.165, 1.54) is 6.07 Å². The fourth-order valence-electron chi connectivity index (χ4n) is 2.75. The summed E-state index contributed by atoms with van der Waals surface area (Å²) >= 11 is 0. The first kappa shape index (κ1) is 14.0. The fourth-order valence-corrected chi connectivity index (χ4v) is 2.75. The summed E-state index contributed by atoms with van der Waals surface area (Å²) < 4.78 is 13.3. The third-order valence-electron chi connectivity index (χ3n) is 3.76. The van der Waals surface area contributed by atoms with Crippen LogP contribution in [0.4, 0.5) is 4.39 Å². The van der Waals surface area contributed by atoms with E-state index in [2.05, 4.69) is 4.90 Å². The lowest BCUT2D eigenvalue weighted by Crippen LogP contribution is -2.45. The van der Waals surface area contributed by atoms with E-state index in [1.807, 2.05) is 13.0 Å². The Morgan fingerprint density at radius 2 is 2.32 bits per heavy atom. The molecule has 1 aromatic carbocycles. The van der Waals surface area contributed by atoms with Gasteiger partial charge in [0.05, 0.1) is 11.7 Å². The first-order valence-corrected chi connectivity index (χ1v) is 6.72. The molecule has 19 heavy (non-hydrogen) atoms. The number of rotatable bonds is 3. The van der Waals surface area contributed by atoms with Crippen molar-refractivity contribution >= 4 is 0 Å². The Kier molecular flexibility index (Phi) is 4.52. The van der Waals surface area contributed by atoms with Crippen LogP contribution < -0.4 is 0 Å². The first-order chi connectivity index (χ1) is 9.11. The second-order valence-electron chi connectivity index (χ2n) is 5.20. The predicted octanol–water partition coefficient (Wildman–Crippen LogP) is 2.43. The Bertz CT molecular complexity index is 482. The van der Waals surface area contributed by atoms with Gasteiger partial charge in [0.1, 0.15) is 11.9 Å². The number of hydrogen-bond donors (Lipinski definition) is 1. The van der Waals surface area contributed by atoms with Crippen LogP contribution in [0.2, 0.25) is 0 Å². The van der Waals surface area contributed by atoms with E-state index in [0.29, 0.717) is 6.54 Å². The molecule has 0 radical (unpaired) electrons. The van der Waals surface area contributed by atoms with Crippen molar-refractivity contribution < 1.29 is 9.50 Å². The minimum absolute atomic E-state index is 0.0862. The van der Waals surface area contributed by atoms with Gasteiger partial charge in [0, 0.05) is 12.6 Å². The van der Waals surface area contributed by atoms with Crippen molar-refractivity contribution in [3.8, 4) is 6.07 Å². The number of benzene rings is 1. The summed E-state index contributed by atoms with van der Waals surface area (Å²) in [6, 6.07) is 6.68. The Hall–Kier alpha value is -1.44. The highest BCUT2D eigenvalue weighted by Crippen LogP contribution is 2.22. The molecule has 2 rings (SSSR count). The second-order valence-corrected chi connectivity index (χ2v) is 5.20. The van der Waals surface area contributed by atoms with E-state index < -0.39 is 5.82 Å². The van der Waals surface area contributed by atoms with Crippen molar-refractivity contribution in [3.05, 3.63) is 35.1 Å². The normalized spacial score (nSPS) is 21.9. The second kappa shape index (κ2) is 6.14. The molecule has 2 atom stereocenters. The highest BCUT2D eigenvalue weighted by atomic mass is 19.1. The average Bonchev–Trinajstić information content (AvgIpc) is 2.41. The van der Waals surface area contributed by atoms with Crippen LogP contribution in [0.15, 0.2) is 18.2 Å². The first-order valence-electron chi connectivity index (χ1n) is 6.72. The van der Waals surface area contributed by atoms with Gasteiger partial charge in [-0.3, -0.25) is 4.90 Å². The molecule has 1 fully saturated rings. The standard InChI is InChI=1S/C15H19FN2O/c1-11(19)15-4-2-3-7-18(15)10-12-5-6-14(16)13(8-12)9-17/h5-6,8,11,15,19H,2-4,7,10H2,1H3. The lowest BCUT2D eigenvalue weighted by molar-refractivity contribution is 0.0316. The van der Waals surface area contributed by atoms with Crippen molar-refractivity contribution in [3.63, 3.8) is 0 Å². The molecule has 0 aromatic heterocycles. The van der Waals surface area contributed by atoms with Crippen LogP contribution in [-0.4, -0.2) is 28.7 Å². The van der Waals surface area contributed by atoms with Gasteiger partial charge in [-0.2, -0.15) is 5.26 Å². The molecular weight excluding hydrogens is 243 g/mol. The number of nitrogens with zero attached hydrogens (tertiary/aromatic N) is 2. The lowest BCUT2D eigenvalue weighted by Gasteiger charge is -2.37. The van der Waals surface area contributed by atoms with E-state index in [9.17, 15) is 9.50 Å². The molecule has 102 valence electrons. The van der Waals surface area contributed by atoms with Crippen LogP contribution in [-0.2, 0) is 6.54 Å². The molecule has 1 saturated heterocycles. The van der Waals surface area contributed by atoms with Gasteiger partial charge in [-0.05, 0) is 44.0 Å². The molecule has 1 aromatic rings. The minimum atomic E-state index is -0.475. The molecule has 2 unspecified atom stereocenters. The third kappa shape index (κ3) is 3.31. The topological polar surface area (TPSA) is 47.3 Å². The molecule has 0 spiro atoms. The Labute approximate surface area is 113 Å². The fraction of sp³-hybridized carbons (Fsp3) is 0.533. The van der Waals surface area contributed by atoms with Gasteiger partial charge in [-0.15, -0.1) is 0 Å². The molecule has 3 nitrogen and oxygen atoms in total. The van der Waals surface area contributed by atoms with E-state index in [4.69, 9.17) is 5.26 Å². The monoisotopic (exact) mass is 262 g/mol. The molecule has 0 aliphatic carbocycles. The maximum Gasteiger partial charge on any atom is 0.140 e. The zero-order valence-corrected chi connectivity index (χ0v) is 11.1. The molecule has 1 N–H and O–H groups in total. The van der Waals surface area contributed by atoms with Gasteiger partial charge in [0.2, 0.25) is 0 Å². The number of piperidine rings is 1. The summed E-state index contributed by atoms with van der Waals surface area (Å²) in [5.41, 5.74) is 1.01. The van der Waals surface area contributed by atoms with E-state index in [1.54, 1.807) is 12.1 Å². The summed E-state index contributed by atoms with van der Waals surface area (Å²) in [6.45, 7) is 3.41. The van der Waals surface area contributed by atoms with E-state index in [-0.39, 0.29) is 17.7 Å².